The van der Waals surface area contributed by atoms with Crippen LogP contribution >= 0.6 is 0 Å². The van der Waals surface area contributed by atoms with Crippen molar-refractivity contribution in [1.82, 2.24) is 4.57 Å². The Morgan fingerprint density at radius 3 is 2.53 bits per heavy atom. The van der Waals surface area contributed by atoms with Crippen LogP contribution in [-0.4, -0.2) is 16.4 Å². The average Bonchev–Trinajstić information content (AvgIpc) is 3.40. The number of para-hydroxylation sites is 1. The molecule has 0 spiro atoms. The number of carbonyl (C=O) groups excluding carboxylic acids is 2. The van der Waals surface area contributed by atoms with Gasteiger partial charge in [-0.1, -0.05) is 36.4 Å². The third kappa shape index (κ3) is 3.86. The number of aromatic nitrogens is 1. The summed E-state index contributed by atoms with van der Waals surface area (Å²) in [5.41, 5.74) is 4.01. The highest BCUT2D eigenvalue weighted by Gasteiger charge is 2.13. The first-order valence-corrected chi connectivity index (χ1v) is 10.3. The second kappa shape index (κ2) is 8.07. The quantitative estimate of drug-likeness (QED) is 0.400. The zero-order valence-corrected chi connectivity index (χ0v) is 17.5. The molecule has 0 aliphatic heterocycles. The van der Waals surface area contributed by atoms with Crippen molar-refractivity contribution in [3.05, 3.63) is 96.4 Å². The molecule has 5 aromatic rings. The number of hydrogen-bond donors (Lipinski definition) is 2. The summed E-state index contributed by atoms with van der Waals surface area (Å²) in [4.78, 5) is 25.1. The highest BCUT2D eigenvalue weighted by molar-refractivity contribution is 6.05. The normalized spacial score (nSPS) is 11.0. The molecule has 0 aliphatic carbocycles. The second-order valence-corrected chi connectivity index (χ2v) is 7.69. The smallest absolute Gasteiger partial charge is 0.291 e. The van der Waals surface area contributed by atoms with E-state index < -0.39 is 0 Å². The first-order valence-electron chi connectivity index (χ1n) is 10.3. The molecule has 6 nitrogen and oxygen atoms in total. The van der Waals surface area contributed by atoms with Crippen molar-refractivity contribution >= 4 is 45.1 Å². The molecule has 32 heavy (non-hydrogen) atoms. The van der Waals surface area contributed by atoms with Crippen LogP contribution in [0.2, 0.25) is 0 Å². The zero-order valence-electron chi connectivity index (χ0n) is 17.5. The van der Waals surface area contributed by atoms with Gasteiger partial charge < -0.3 is 19.6 Å². The zero-order chi connectivity index (χ0) is 22.1. The molecule has 0 unspecified atom stereocenters. The second-order valence-electron chi connectivity index (χ2n) is 7.69. The highest BCUT2D eigenvalue weighted by Crippen LogP contribution is 2.24. The third-order valence-electron chi connectivity index (χ3n) is 5.43. The molecule has 2 heterocycles. The summed E-state index contributed by atoms with van der Waals surface area (Å²) in [5.74, 6) is -0.159. The first-order chi connectivity index (χ1) is 15.6. The first kappa shape index (κ1) is 19.6. The number of benzene rings is 3. The molecule has 0 aliphatic rings. The van der Waals surface area contributed by atoms with Gasteiger partial charge in [0.1, 0.15) is 5.58 Å². The van der Waals surface area contributed by atoms with E-state index in [1.165, 1.54) is 0 Å². The number of nitrogens with zero attached hydrogens (tertiary/aromatic N) is 1. The van der Waals surface area contributed by atoms with Gasteiger partial charge in [0.2, 0.25) is 5.91 Å². The largest absolute Gasteiger partial charge is 0.451 e. The van der Waals surface area contributed by atoms with Crippen LogP contribution in [0.3, 0.4) is 0 Å². The fourth-order valence-corrected chi connectivity index (χ4v) is 3.78. The fraction of sp³-hybridized carbons (Fsp3) is 0.0769. The molecule has 0 fully saturated rings. The van der Waals surface area contributed by atoms with Gasteiger partial charge in [0.25, 0.3) is 5.91 Å². The Balaban J connectivity index is 1.23. The molecule has 0 radical (unpaired) electrons. The minimum absolute atomic E-state index is 0.0968. The van der Waals surface area contributed by atoms with Gasteiger partial charge in [0.15, 0.2) is 5.76 Å². The SMILES string of the molecule is Cn1ccc2c(NC(=O)Cc3ccc(NC(=O)c4cc5ccccc5o4)cc3)cccc21. The molecule has 2 N–H and O–H groups in total. The lowest BCUT2D eigenvalue weighted by atomic mass is 10.1. The van der Waals surface area contributed by atoms with E-state index in [2.05, 4.69) is 10.6 Å². The predicted molar refractivity (Wildman–Crippen MR) is 126 cm³/mol. The molecule has 0 atom stereocenters. The molecule has 6 heteroatoms. The van der Waals surface area contributed by atoms with Gasteiger partial charge in [-0.15, -0.1) is 0 Å². The molecule has 2 amide bonds. The van der Waals surface area contributed by atoms with Crippen LogP contribution < -0.4 is 10.6 Å². The maximum atomic E-state index is 12.6. The Morgan fingerprint density at radius 2 is 1.72 bits per heavy atom. The van der Waals surface area contributed by atoms with Crippen LogP contribution in [0.25, 0.3) is 21.9 Å². The van der Waals surface area contributed by atoms with E-state index in [0.29, 0.717) is 11.3 Å². The van der Waals surface area contributed by atoms with Crippen LogP contribution in [0.15, 0.2) is 89.5 Å². The highest BCUT2D eigenvalue weighted by atomic mass is 16.3. The summed E-state index contributed by atoms with van der Waals surface area (Å²) in [6.45, 7) is 0. The molecule has 2 aromatic heterocycles. The van der Waals surface area contributed by atoms with Gasteiger partial charge in [-0.05, 0) is 48.0 Å². The number of hydrogen-bond acceptors (Lipinski definition) is 3. The van der Waals surface area contributed by atoms with E-state index in [0.717, 1.165) is 27.5 Å². The van der Waals surface area contributed by atoms with Gasteiger partial charge in [0.05, 0.1) is 12.1 Å². The van der Waals surface area contributed by atoms with Gasteiger partial charge in [0, 0.05) is 35.2 Å². The van der Waals surface area contributed by atoms with Crippen molar-refractivity contribution in [3.8, 4) is 0 Å². The predicted octanol–water partition coefficient (Wildman–Crippen LogP) is 5.36. The van der Waals surface area contributed by atoms with Crippen molar-refractivity contribution < 1.29 is 14.0 Å². The number of aryl methyl sites for hydroxylation is 1. The molecular weight excluding hydrogens is 402 g/mol. The molecule has 0 saturated heterocycles. The van der Waals surface area contributed by atoms with E-state index in [1.54, 1.807) is 18.2 Å². The number of amides is 2. The van der Waals surface area contributed by atoms with Crippen molar-refractivity contribution in [2.24, 2.45) is 7.05 Å². The third-order valence-corrected chi connectivity index (χ3v) is 5.43. The number of rotatable bonds is 5. The van der Waals surface area contributed by atoms with Crippen molar-refractivity contribution in [2.75, 3.05) is 10.6 Å². The van der Waals surface area contributed by atoms with E-state index in [4.69, 9.17) is 4.42 Å². The molecule has 3 aromatic carbocycles. The topological polar surface area (TPSA) is 76.3 Å². The summed E-state index contributed by atoms with van der Waals surface area (Å²) < 4.78 is 7.62. The number of furan rings is 1. The van der Waals surface area contributed by atoms with E-state index in [1.807, 2.05) is 78.5 Å². The van der Waals surface area contributed by atoms with E-state index in [9.17, 15) is 9.59 Å². The minimum Gasteiger partial charge on any atom is -0.451 e. The Labute approximate surface area is 184 Å². The fourth-order valence-electron chi connectivity index (χ4n) is 3.78. The maximum absolute atomic E-state index is 12.6. The van der Waals surface area contributed by atoms with Crippen molar-refractivity contribution in [3.63, 3.8) is 0 Å². The number of nitrogens with one attached hydrogen (secondary N) is 2. The number of anilines is 2. The van der Waals surface area contributed by atoms with Crippen molar-refractivity contribution in [2.45, 2.75) is 6.42 Å². The number of fused-ring (bicyclic) bond motifs is 2. The summed E-state index contributed by atoms with van der Waals surface area (Å²) >= 11 is 0. The van der Waals surface area contributed by atoms with Crippen LogP contribution in [0.4, 0.5) is 11.4 Å². The lowest BCUT2D eigenvalue weighted by Gasteiger charge is -2.08. The van der Waals surface area contributed by atoms with E-state index >= 15 is 0 Å². The van der Waals surface area contributed by atoms with Crippen LogP contribution in [0.1, 0.15) is 16.1 Å². The summed E-state index contributed by atoms with van der Waals surface area (Å²) in [7, 11) is 1.97. The monoisotopic (exact) mass is 423 g/mol. The molecular formula is C26H21N3O3. The van der Waals surface area contributed by atoms with Crippen LogP contribution in [-0.2, 0) is 18.3 Å². The summed E-state index contributed by atoms with van der Waals surface area (Å²) in [6, 6.07) is 24.3. The van der Waals surface area contributed by atoms with Gasteiger partial charge in [-0.2, -0.15) is 0 Å². The van der Waals surface area contributed by atoms with Crippen LogP contribution in [0, 0.1) is 0 Å². The Kier molecular flexibility index (Phi) is 4.95. The van der Waals surface area contributed by atoms with Crippen molar-refractivity contribution in [1.29, 1.82) is 0 Å². The lowest BCUT2D eigenvalue weighted by molar-refractivity contribution is -0.115. The molecule has 158 valence electrons. The summed E-state index contributed by atoms with van der Waals surface area (Å²) in [5, 5.41) is 7.71. The van der Waals surface area contributed by atoms with Crippen LogP contribution in [0.5, 0.6) is 0 Å². The molecule has 0 bridgehead atoms. The Hall–Kier alpha value is -4.32. The lowest BCUT2D eigenvalue weighted by Crippen LogP contribution is -2.15. The van der Waals surface area contributed by atoms with Gasteiger partial charge in [-0.3, -0.25) is 9.59 Å². The van der Waals surface area contributed by atoms with E-state index in [-0.39, 0.29) is 24.0 Å². The summed E-state index contributed by atoms with van der Waals surface area (Å²) in [6.07, 6.45) is 2.21. The standard InChI is InChI=1S/C26H21N3O3/c1-29-14-13-20-21(6-4-7-22(20)29)28-25(30)15-17-9-11-19(12-10-17)27-26(31)24-16-18-5-2-3-8-23(18)32-24/h2-14,16H,15H2,1H3,(H,27,31)(H,28,30). The Morgan fingerprint density at radius 1 is 0.906 bits per heavy atom. The van der Waals surface area contributed by atoms with Gasteiger partial charge in [-0.25, -0.2) is 0 Å². The minimum atomic E-state index is -0.317. The average molecular weight is 423 g/mol. The van der Waals surface area contributed by atoms with Gasteiger partial charge >= 0.3 is 0 Å². The molecule has 5 rings (SSSR count). The molecule has 0 saturated carbocycles. The maximum Gasteiger partial charge on any atom is 0.291 e. The number of carbonyl (C=O) groups is 2. The Bertz CT molecular complexity index is 1410.